The largest absolute Gasteiger partial charge is 0.392 e. The molecule has 1 N–H and O–H groups in total. The molecule has 92 valence electrons. The van der Waals surface area contributed by atoms with E-state index in [1.807, 2.05) is 26.2 Å². The molecule has 0 fully saturated rings. The van der Waals surface area contributed by atoms with Gasteiger partial charge in [0.25, 0.3) is 0 Å². The monoisotopic (exact) mass is 263 g/mol. The summed E-state index contributed by atoms with van der Waals surface area (Å²) >= 11 is 5.60. The van der Waals surface area contributed by atoms with Crippen LogP contribution in [0.2, 0.25) is 0 Å². The first kappa shape index (κ1) is 15.7. The fourth-order valence-electron chi connectivity index (χ4n) is 1.56. The van der Waals surface area contributed by atoms with Gasteiger partial charge in [0.1, 0.15) is 0 Å². The van der Waals surface area contributed by atoms with E-state index < -0.39 is 6.10 Å². The molecular weight excluding hydrogens is 245 g/mol. The van der Waals surface area contributed by atoms with Crippen LogP contribution in [0.25, 0.3) is 0 Å². The second kappa shape index (κ2) is 7.91. The number of hydrogen-bond donors (Lipinski definition) is 1. The average Bonchev–Trinajstić information content (AvgIpc) is 2.20. The van der Waals surface area contributed by atoms with Crippen molar-refractivity contribution in [1.82, 2.24) is 4.90 Å². The van der Waals surface area contributed by atoms with Gasteiger partial charge in [-0.05, 0) is 31.6 Å². The van der Waals surface area contributed by atoms with Crippen molar-refractivity contribution in [2.75, 3.05) is 20.0 Å². The summed E-state index contributed by atoms with van der Waals surface area (Å²) < 4.78 is 0. The van der Waals surface area contributed by atoms with Crippen LogP contribution in [0.15, 0.2) is 24.3 Å². The van der Waals surface area contributed by atoms with Crippen molar-refractivity contribution in [3.8, 4) is 0 Å². The van der Waals surface area contributed by atoms with Crippen LogP contribution >= 0.6 is 24.0 Å². The topological polar surface area (TPSA) is 23.5 Å². The number of rotatable bonds is 5. The molecule has 0 saturated carbocycles. The zero-order valence-corrected chi connectivity index (χ0v) is 11.3. The third-order valence-corrected chi connectivity index (χ3v) is 2.59. The first-order valence-corrected chi connectivity index (χ1v) is 5.62. The summed E-state index contributed by atoms with van der Waals surface area (Å²) in [4.78, 5) is 2.12. The molecule has 0 saturated heterocycles. The highest BCUT2D eigenvalue weighted by atomic mass is 35.5. The van der Waals surface area contributed by atoms with Crippen molar-refractivity contribution in [3.05, 3.63) is 35.4 Å². The number of halogens is 2. The van der Waals surface area contributed by atoms with E-state index >= 15 is 0 Å². The number of benzene rings is 1. The Morgan fingerprint density at radius 1 is 1.25 bits per heavy atom. The number of aliphatic hydroxyl groups is 1. The molecule has 1 aromatic carbocycles. The Bertz CT molecular complexity index is 305. The minimum Gasteiger partial charge on any atom is -0.392 e. The smallest absolute Gasteiger partial charge is 0.0715 e. The van der Waals surface area contributed by atoms with Gasteiger partial charge >= 0.3 is 0 Å². The van der Waals surface area contributed by atoms with E-state index in [2.05, 4.69) is 17.0 Å². The summed E-state index contributed by atoms with van der Waals surface area (Å²) in [5.41, 5.74) is 2.44. The second-order valence-electron chi connectivity index (χ2n) is 4.02. The predicted octanol–water partition coefficient (Wildman–Crippen LogP) is 2.31. The van der Waals surface area contributed by atoms with Gasteiger partial charge in [0.05, 0.1) is 6.10 Å². The predicted molar refractivity (Wildman–Crippen MR) is 71.5 cm³/mol. The Hall–Kier alpha value is -0.280. The van der Waals surface area contributed by atoms with Gasteiger partial charge in [0.15, 0.2) is 0 Å². The molecule has 1 rings (SSSR count). The highest BCUT2D eigenvalue weighted by Crippen LogP contribution is 2.13. The van der Waals surface area contributed by atoms with Gasteiger partial charge in [-0.25, -0.2) is 0 Å². The summed E-state index contributed by atoms with van der Waals surface area (Å²) in [5, 5.41) is 9.52. The normalized spacial score (nSPS) is 12.3. The van der Waals surface area contributed by atoms with Gasteiger partial charge in [-0.3, -0.25) is 0 Å². The summed E-state index contributed by atoms with van der Waals surface area (Å²) in [6.45, 7) is 0.894. The third kappa shape index (κ3) is 5.17. The summed E-state index contributed by atoms with van der Waals surface area (Å²) in [7, 11) is 4.07. The molecule has 1 aromatic rings. The number of aliphatic hydroxyl groups excluding tert-OH is 1. The van der Waals surface area contributed by atoms with Crippen molar-refractivity contribution in [3.63, 3.8) is 0 Å². The van der Waals surface area contributed by atoms with Gasteiger partial charge in [0.2, 0.25) is 0 Å². The molecule has 0 bridgehead atoms. The van der Waals surface area contributed by atoms with Gasteiger partial charge in [0, 0.05) is 12.4 Å². The molecule has 0 heterocycles. The standard InChI is InChI=1S/C12H18ClNO.ClH/c1-14(2)9-11-6-4-3-5-10(11)7-12(15)8-13;/h3-6,12,15H,7-9H2,1-2H3;1H. The Kier molecular flexibility index (Phi) is 7.77. The van der Waals surface area contributed by atoms with Gasteiger partial charge in [-0.2, -0.15) is 0 Å². The highest BCUT2D eigenvalue weighted by molar-refractivity contribution is 6.18. The molecule has 1 atom stereocenters. The van der Waals surface area contributed by atoms with E-state index in [-0.39, 0.29) is 18.3 Å². The van der Waals surface area contributed by atoms with E-state index in [4.69, 9.17) is 11.6 Å². The molecule has 16 heavy (non-hydrogen) atoms. The fraction of sp³-hybridized carbons (Fsp3) is 0.500. The lowest BCUT2D eigenvalue weighted by Gasteiger charge is -2.15. The average molecular weight is 264 g/mol. The summed E-state index contributed by atoms with van der Waals surface area (Å²) in [6, 6.07) is 8.16. The van der Waals surface area contributed by atoms with Crippen LogP contribution in [0.3, 0.4) is 0 Å². The van der Waals surface area contributed by atoms with E-state index in [1.54, 1.807) is 0 Å². The lowest BCUT2D eigenvalue weighted by molar-refractivity contribution is 0.198. The van der Waals surface area contributed by atoms with Crippen LogP contribution in [0, 0.1) is 0 Å². The summed E-state index contributed by atoms with van der Waals surface area (Å²) in [6.07, 6.45) is 0.183. The van der Waals surface area contributed by atoms with Crippen molar-refractivity contribution < 1.29 is 5.11 Å². The quantitative estimate of drug-likeness (QED) is 0.825. The second-order valence-corrected chi connectivity index (χ2v) is 4.33. The first-order chi connectivity index (χ1) is 7.13. The highest BCUT2D eigenvalue weighted by Gasteiger charge is 2.08. The maximum absolute atomic E-state index is 9.52. The maximum Gasteiger partial charge on any atom is 0.0715 e. The van der Waals surface area contributed by atoms with Crippen LogP contribution in [0.1, 0.15) is 11.1 Å². The van der Waals surface area contributed by atoms with E-state index in [0.29, 0.717) is 6.42 Å². The molecule has 0 aliphatic carbocycles. The van der Waals surface area contributed by atoms with Gasteiger partial charge < -0.3 is 10.0 Å². The lowest BCUT2D eigenvalue weighted by Crippen LogP contribution is -2.16. The lowest BCUT2D eigenvalue weighted by atomic mass is 10.0. The molecule has 4 heteroatoms. The van der Waals surface area contributed by atoms with Crippen molar-refractivity contribution in [2.24, 2.45) is 0 Å². The maximum atomic E-state index is 9.52. The first-order valence-electron chi connectivity index (χ1n) is 5.09. The van der Waals surface area contributed by atoms with Crippen LogP contribution < -0.4 is 0 Å². The SMILES string of the molecule is CN(C)Cc1ccccc1CC(O)CCl.Cl. The molecule has 0 aliphatic rings. The molecule has 1 unspecified atom stereocenters. The minimum absolute atomic E-state index is 0. The fourth-order valence-corrected chi connectivity index (χ4v) is 1.67. The zero-order valence-electron chi connectivity index (χ0n) is 9.69. The number of hydrogen-bond acceptors (Lipinski definition) is 2. The van der Waals surface area contributed by atoms with Gasteiger partial charge in [-0.15, -0.1) is 24.0 Å². The molecular formula is C12H19Cl2NO. The molecule has 0 aromatic heterocycles. The van der Waals surface area contributed by atoms with Crippen molar-refractivity contribution in [2.45, 2.75) is 19.1 Å². The van der Waals surface area contributed by atoms with Crippen molar-refractivity contribution in [1.29, 1.82) is 0 Å². The summed E-state index contributed by atoms with van der Waals surface area (Å²) in [5.74, 6) is 0.288. The van der Waals surface area contributed by atoms with Crippen molar-refractivity contribution >= 4 is 24.0 Å². The molecule has 0 aliphatic heterocycles. The molecule has 0 radical (unpaired) electrons. The Morgan fingerprint density at radius 3 is 2.31 bits per heavy atom. The van der Waals surface area contributed by atoms with E-state index in [1.165, 1.54) is 11.1 Å². The zero-order chi connectivity index (χ0) is 11.3. The Balaban J connectivity index is 0.00000225. The van der Waals surface area contributed by atoms with Crippen LogP contribution in [0.5, 0.6) is 0 Å². The van der Waals surface area contributed by atoms with Crippen LogP contribution in [-0.4, -0.2) is 36.1 Å². The molecule has 2 nitrogen and oxygen atoms in total. The number of alkyl halides is 1. The Morgan fingerprint density at radius 2 is 1.81 bits per heavy atom. The molecule has 0 spiro atoms. The Labute approximate surface area is 109 Å². The minimum atomic E-state index is -0.449. The van der Waals surface area contributed by atoms with Crippen LogP contribution in [0.4, 0.5) is 0 Å². The van der Waals surface area contributed by atoms with Crippen LogP contribution in [-0.2, 0) is 13.0 Å². The van der Waals surface area contributed by atoms with E-state index in [0.717, 1.165) is 6.54 Å². The van der Waals surface area contributed by atoms with E-state index in [9.17, 15) is 5.11 Å². The number of nitrogens with zero attached hydrogens (tertiary/aromatic N) is 1. The third-order valence-electron chi connectivity index (χ3n) is 2.24. The molecule has 0 amide bonds. The van der Waals surface area contributed by atoms with Gasteiger partial charge in [-0.1, -0.05) is 24.3 Å².